The minimum Gasteiger partial charge on any atom is -0.495 e. The number of amides is 1. The molecule has 0 aliphatic carbocycles. The third-order valence-electron chi connectivity index (χ3n) is 3.92. The second-order valence-corrected chi connectivity index (χ2v) is 6.66. The van der Waals surface area contributed by atoms with Crippen molar-refractivity contribution in [1.82, 2.24) is 4.57 Å². The molecule has 0 aliphatic heterocycles. The molecule has 138 valence electrons. The first-order valence-corrected chi connectivity index (χ1v) is 8.82. The van der Waals surface area contributed by atoms with Crippen LogP contribution in [0.5, 0.6) is 5.75 Å². The quantitative estimate of drug-likeness (QED) is 0.684. The third kappa shape index (κ3) is 4.51. The van der Waals surface area contributed by atoms with Crippen molar-refractivity contribution in [2.45, 2.75) is 6.54 Å². The van der Waals surface area contributed by atoms with Crippen molar-refractivity contribution in [2.75, 3.05) is 12.4 Å². The molecule has 0 unspecified atom stereocenters. The summed E-state index contributed by atoms with van der Waals surface area (Å²) in [6.07, 6.45) is 1.62. The number of nitrogens with zero attached hydrogens (tertiary/aromatic N) is 1. The fraction of sp³-hybridized carbons (Fsp3) is 0.100. The van der Waals surface area contributed by atoms with E-state index in [1.165, 1.54) is 17.7 Å². The standard InChI is InChI=1S/C20H16Cl2N2O3/c1-27-18-8-7-15(22)11-17(18)23-19(25)16-6-3-9-24(20(16)26)12-13-4-2-5-14(21)10-13/h2-11H,12H2,1H3,(H,23,25). The van der Waals surface area contributed by atoms with Crippen molar-refractivity contribution in [3.63, 3.8) is 0 Å². The molecule has 0 radical (unpaired) electrons. The molecule has 0 fully saturated rings. The SMILES string of the molecule is COc1ccc(Cl)cc1NC(=O)c1cccn(Cc2cccc(Cl)c2)c1=O. The number of nitrogens with one attached hydrogen (secondary N) is 1. The molecular weight excluding hydrogens is 387 g/mol. The van der Waals surface area contributed by atoms with Crippen molar-refractivity contribution in [3.05, 3.63) is 92.3 Å². The average Bonchev–Trinajstić information content (AvgIpc) is 2.63. The lowest BCUT2D eigenvalue weighted by atomic mass is 10.2. The number of anilines is 1. The van der Waals surface area contributed by atoms with Crippen LogP contribution in [0.25, 0.3) is 0 Å². The molecule has 3 aromatic rings. The van der Waals surface area contributed by atoms with Gasteiger partial charge >= 0.3 is 0 Å². The van der Waals surface area contributed by atoms with Crippen LogP contribution in [-0.4, -0.2) is 17.6 Å². The van der Waals surface area contributed by atoms with Gasteiger partial charge in [-0.1, -0.05) is 35.3 Å². The monoisotopic (exact) mass is 402 g/mol. The van der Waals surface area contributed by atoms with Gasteiger partial charge in [-0.25, -0.2) is 0 Å². The van der Waals surface area contributed by atoms with Gasteiger partial charge in [0.1, 0.15) is 11.3 Å². The van der Waals surface area contributed by atoms with Gasteiger partial charge in [0.05, 0.1) is 19.3 Å². The van der Waals surface area contributed by atoms with E-state index >= 15 is 0 Å². The van der Waals surface area contributed by atoms with E-state index in [0.717, 1.165) is 5.56 Å². The molecule has 2 aromatic carbocycles. The van der Waals surface area contributed by atoms with E-state index in [1.807, 2.05) is 12.1 Å². The predicted octanol–water partition coefficient (Wildman–Crippen LogP) is 4.46. The second kappa shape index (κ2) is 8.29. The summed E-state index contributed by atoms with van der Waals surface area (Å²) < 4.78 is 6.67. The van der Waals surface area contributed by atoms with Crippen LogP contribution in [0.15, 0.2) is 65.6 Å². The first kappa shape index (κ1) is 19.0. The molecule has 0 saturated carbocycles. The Kier molecular flexibility index (Phi) is 5.84. The van der Waals surface area contributed by atoms with Crippen molar-refractivity contribution >= 4 is 34.8 Å². The molecule has 1 aromatic heterocycles. The first-order chi connectivity index (χ1) is 13.0. The Morgan fingerprint density at radius 2 is 1.85 bits per heavy atom. The molecule has 1 heterocycles. The number of hydrogen-bond acceptors (Lipinski definition) is 3. The number of aromatic nitrogens is 1. The molecule has 0 bridgehead atoms. The molecule has 0 saturated heterocycles. The van der Waals surface area contributed by atoms with E-state index in [1.54, 1.807) is 42.6 Å². The van der Waals surface area contributed by atoms with Crippen LogP contribution in [-0.2, 0) is 6.54 Å². The molecule has 1 amide bonds. The van der Waals surface area contributed by atoms with Crippen LogP contribution in [0.2, 0.25) is 10.0 Å². The molecule has 5 nitrogen and oxygen atoms in total. The Hall–Kier alpha value is -2.76. The van der Waals surface area contributed by atoms with E-state index in [4.69, 9.17) is 27.9 Å². The van der Waals surface area contributed by atoms with E-state index in [2.05, 4.69) is 5.32 Å². The minimum absolute atomic E-state index is 0.0153. The van der Waals surface area contributed by atoms with Crippen LogP contribution in [0.1, 0.15) is 15.9 Å². The lowest BCUT2D eigenvalue weighted by molar-refractivity contribution is 0.102. The zero-order valence-corrected chi connectivity index (χ0v) is 15.9. The lowest BCUT2D eigenvalue weighted by Crippen LogP contribution is -2.29. The Bertz CT molecular complexity index is 1050. The average molecular weight is 403 g/mol. The summed E-state index contributed by atoms with van der Waals surface area (Å²) in [7, 11) is 1.49. The maximum absolute atomic E-state index is 12.7. The van der Waals surface area contributed by atoms with Crippen LogP contribution in [0.3, 0.4) is 0 Å². The highest BCUT2D eigenvalue weighted by Gasteiger charge is 2.15. The number of carbonyl (C=O) groups is 1. The molecule has 1 N–H and O–H groups in total. The highest BCUT2D eigenvalue weighted by Crippen LogP contribution is 2.27. The largest absolute Gasteiger partial charge is 0.495 e. The van der Waals surface area contributed by atoms with Crippen LogP contribution < -0.4 is 15.6 Å². The summed E-state index contributed by atoms with van der Waals surface area (Å²) in [6.45, 7) is 0.307. The van der Waals surface area contributed by atoms with Crippen molar-refractivity contribution < 1.29 is 9.53 Å². The fourth-order valence-electron chi connectivity index (χ4n) is 2.63. The molecule has 0 atom stereocenters. The molecular formula is C20H16Cl2N2O3. The topological polar surface area (TPSA) is 60.3 Å². The lowest BCUT2D eigenvalue weighted by Gasteiger charge is -2.12. The zero-order chi connectivity index (χ0) is 19.4. The summed E-state index contributed by atoms with van der Waals surface area (Å²) >= 11 is 12.0. The van der Waals surface area contributed by atoms with Gasteiger partial charge in [0, 0.05) is 16.2 Å². The van der Waals surface area contributed by atoms with Gasteiger partial charge in [-0.3, -0.25) is 9.59 Å². The molecule has 3 rings (SSSR count). The van der Waals surface area contributed by atoms with Gasteiger partial charge in [-0.2, -0.15) is 0 Å². The zero-order valence-electron chi connectivity index (χ0n) is 14.4. The Morgan fingerprint density at radius 3 is 2.59 bits per heavy atom. The predicted molar refractivity (Wildman–Crippen MR) is 107 cm³/mol. The van der Waals surface area contributed by atoms with Gasteiger partial charge in [-0.15, -0.1) is 0 Å². The summed E-state index contributed by atoms with van der Waals surface area (Å²) in [5, 5.41) is 3.70. The molecule has 27 heavy (non-hydrogen) atoms. The van der Waals surface area contributed by atoms with E-state index < -0.39 is 11.5 Å². The van der Waals surface area contributed by atoms with Gasteiger partial charge < -0.3 is 14.6 Å². The van der Waals surface area contributed by atoms with E-state index in [0.29, 0.717) is 28.0 Å². The third-order valence-corrected chi connectivity index (χ3v) is 4.39. The summed E-state index contributed by atoms with van der Waals surface area (Å²) in [5.74, 6) is -0.0936. The molecule has 7 heteroatoms. The highest BCUT2D eigenvalue weighted by molar-refractivity contribution is 6.31. The number of rotatable bonds is 5. The smallest absolute Gasteiger partial charge is 0.263 e. The molecule has 0 aliphatic rings. The summed E-state index contributed by atoms with van der Waals surface area (Å²) in [6, 6.07) is 15.2. The number of hydrogen-bond donors (Lipinski definition) is 1. The van der Waals surface area contributed by atoms with Crippen LogP contribution >= 0.6 is 23.2 Å². The first-order valence-electron chi connectivity index (χ1n) is 8.06. The van der Waals surface area contributed by atoms with Gasteiger partial charge in [0.25, 0.3) is 11.5 Å². The Labute approximate surface area is 166 Å². The Morgan fingerprint density at radius 1 is 1.07 bits per heavy atom. The summed E-state index contributed by atoms with van der Waals surface area (Å²) in [5.41, 5.74) is 0.857. The Balaban J connectivity index is 1.88. The van der Waals surface area contributed by atoms with Crippen molar-refractivity contribution in [2.24, 2.45) is 0 Å². The maximum atomic E-state index is 12.7. The van der Waals surface area contributed by atoms with Crippen LogP contribution in [0.4, 0.5) is 5.69 Å². The fourth-order valence-corrected chi connectivity index (χ4v) is 3.02. The number of halogens is 2. The number of pyridine rings is 1. The number of methoxy groups -OCH3 is 1. The van der Waals surface area contributed by atoms with Gasteiger partial charge in [-0.05, 0) is 48.0 Å². The van der Waals surface area contributed by atoms with Crippen molar-refractivity contribution in [3.8, 4) is 5.75 Å². The van der Waals surface area contributed by atoms with E-state index in [-0.39, 0.29) is 5.56 Å². The van der Waals surface area contributed by atoms with Crippen LogP contribution in [0, 0.1) is 0 Å². The second-order valence-electron chi connectivity index (χ2n) is 5.78. The van der Waals surface area contributed by atoms with E-state index in [9.17, 15) is 9.59 Å². The van der Waals surface area contributed by atoms with Gasteiger partial charge in [0.15, 0.2) is 0 Å². The summed E-state index contributed by atoms with van der Waals surface area (Å²) in [4.78, 5) is 25.4. The van der Waals surface area contributed by atoms with Gasteiger partial charge in [0.2, 0.25) is 0 Å². The molecule has 0 spiro atoms. The highest BCUT2D eigenvalue weighted by atomic mass is 35.5. The maximum Gasteiger partial charge on any atom is 0.263 e. The number of benzene rings is 2. The normalized spacial score (nSPS) is 10.5. The number of carbonyl (C=O) groups excluding carboxylic acids is 1. The van der Waals surface area contributed by atoms with Crippen molar-refractivity contribution in [1.29, 1.82) is 0 Å². The minimum atomic E-state index is -0.541. The number of ether oxygens (including phenoxy) is 1.